The highest BCUT2D eigenvalue weighted by atomic mass is 79.9. The van der Waals surface area contributed by atoms with Crippen LogP contribution in [0.2, 0.25) is 0 Å². The van der Waals surface area contributed by atoms with Crippen LogP contribution in [-0.4, -0.2) is 30.3 Å². The summed E-state index contributed by atoms with van der Waals surface area (Å²) in [5, 5.41) is 13.3. The van der Waals surface area contributed by atoms with Crippen LogP contribution in [0.5, 0.6) is 0 Å². The molecular weight excluding hydrogens is 451 g/mol. The monoisotopic (exact) mass is 475 g/mol. The lowest BCUT2D eigenvalue weighted by atomic mass is 10.0. The lowest BCUT2D eigenvalue weighted by Gasteiger charge is -2.18. The summed E-state index contributed by atoms with van der Waals surface area (Å²) in [6.45, 7) is 4.10. The topological polar surface area (TPSA) is 58.6 Å². The molecule has 2 N–H and O–H groups in total. The second-order valence-electron chi connectivity index (χ2n) is 6.57. The molecule has 0 bridgehead atoms. The lowest BCUT2D eigenvalue weighted by molar-refractivity contribution is -0.137. The number of alkyl halides is 3. The average molecular weight is 476 g/mol. The Morgan fingerprint density at radius 2 is 1.83 bits per heavy atom. The van der Waals surface area contributed by atoms with Gasteiger partial charge in [-0.1, -0.05) is 24.3 Å². The van der Waals surface area contributed by atoms with E-state index >= 15 is 0 Å². The van der Waals surface area contributed by atoms with Gasteiger partial charge in [0.05, 0.1) is 23.8 Å². The smallest absolute Gasteiger partial charge is 0.416 e. The minimum atomic E-state index is -4.44. The van der Waals surface area contributed by atoms with E-state index in [1.165, 1.54) is 12.1 Å². The highest BCUT2D eigenvalue weighted by Crippen LogP contribution is 2.30. The van der Waals surface area contributed by atoms with Gasteiger partial charge in [-0.2, -0.15) is 13.2 Å². The van der Waals surface area contributed by atoms with Crippen molar-refractivity contribution in [2.24, 2.45) is 0 Å². The Hall–Kier alpha value is -1.90. The average Bonchev–Trinajstić information content (AvgIpc) is 2.66. The standard InChI is InChI=1S/C21H24F3NO3.BrH/c1-3-28-20(27)16-9-7-15(8-10-16)11-14(2)25-13-19(26)17-5-4-6-18(12-17)21(22,23)24;/h4-10,12,14,19,25-26H,3,11,13H2,1-2H3;1H. The minimum Gasteiger partial charge on any atom is -0.462 e. The van der Waals surface area contributed by atoms with Gasteiger partial charge >= 0.3 is 12.1 Å². The molecule has 29 heavy (non-hydrogen) atoms. The number of aliphatic hydroxyl groups excluding tert-OH is 1. The van der Waals surface area contributed by atoms with E-state index in [1.807, 2.05) is 19.1 Å². The zero-order chi connectivity index (χ0) is 20.7. The van der Waals surface area contributed by atoms with Crippen molar-refractivity contribution >= 4 is 23.0 Å². The van der Waals surface area contributed by atoms with Crippen molar-refractivity contribution in [3.05, 3.63) is 70.8 Å². The third-order valence-corrected chi connectivity index (χ3v) is 4.27. The summed E-state index contributed by atoms with van der Waals surface area (Å²) in [6.07, 6.45) is -4.85. The molecule has 0 heterocycles. The molecule has 0 aliphatic heterocycles. The fourth-order valence-electron chi connectivity index (χ4n) is 2.77. The number of ether oxygens (including phenoxy) is 1. The molecule has 0 aromatic heterocycles. The molecule has 2 atom stereocenters. The van der Waals surface area contributed by atoms with Crippen LogP contribution in [0.1, 0.15) is 47.0 Å². The molecule has 0 fully saturated rings. The number of aliphatic hydroxyl groups is 1. The molecular formula is C21H25BrF3NO3. The molecule has 0 spiro atoms. The van der Waals surface area contributed by atoms with Crippen molar-refractivity contribution in [2.45, 2.75) is 38.6 Å². The number of benzene rings is 2. The van der Waals surface area contributed by atoms with E-state index in [1.54, 1.807) is 19.1 Å². The maximum absolute atomic E-state index is 12.8. The van der Waals surface area contributed by atoms with Gasteiger partial charge in [0.25, 0.3) is 0 Å². The van der Waals surface area contributed by atoms with Gasteiger partial charge in [0.2, 0.25) is 0 Å². The van der Waals surface area contributed by atoms with E-state index in [-0.39, 0.29) is 41.1 Å². The van der Waals surface area contributed by atoms with Crippen molar-refractivity contribution < 1.29 is 27.8 Å². The number of halogens is 4. The largest absolute Gasteiger partial charge is 0.462 e. The van der Waals surface area contributed by atoms with Gasteiger partial charge in [-0.3, -0.25) is 0 Å². The zero-order valence-electron chi connectivity index (χ0n) is 16.2. The Labute approximate surface area is 178 Å². The molecule has 0 radical (unpaired) electrons. The summed E-state index contributed by atoms with van der Waals surface area (Å²) >= 11 is 0. The molecule has 0 saturated carbocycles. The number of nitrogens with one attached hydrogen (secondary N) is 1. The van der Waals surface area contributed by atoms with E-state index in [4.69, 9.17) is 4.74 Å². The summed E-state index contributed by atoms with van der Waals surface area (Å²) in [4.78, 5) is 11.6. The Morgan fingerprint density at radius 1 is 1.17 bits per heavy atom. The molecule has 0 aliphatic carbocycles. The maximum atomic E-state index is 12.8. The number of hydrogen-bond donors (Lipinski definition) is 2. The quantitative estimate of drug-likeness (QED) is 0.542. The first-order valence-corrected chi connectivity index (χ1v) is 9.05. The van der Waals surface area contributed by atoms with Crippen molar-refractivity contribution in [3.8, 4) is 0 Å². The SMILES string of the molecule is Br.CCOC(=O)c1ccc(CC(C)NCC(O)c2cccc(C(F)(F)F)c2)cc1. The highest BCUT2D eigenvalue weighted by Gasteiger charge is 2.30. The molecule has 2 unspecified atom stereocenters. The summed E-state index contributed by atoms with van der Waals surface area (Å²) in [7, 11) is 0. The molecule has 0 amide bonds. The second kappa shape index (κ2) is 11.3. The Bertz CT molecular complexity index is 781. The summed E-state index contributed by atoms with van der Waals surface area (Å²) in [6, 6.07) is 11.7. The van der Waals surface area contributed by atoms with E-state index in [0.717, 1.165) is 17.7 Å². The van der Waals surface area contributed by atoms with Gasteiger partial charge in [0.1, 0.15) is 0 Å². The first kappa shape index (κ1) is 25.1. The number of rotatable bonds is 8. The number of hydrogen-bond acceptors (Lipinski definition) is 4. The van der Waals surface area contributed by atoms with Crippen molar-refractivity contribution in [1.29, 1.82) is 0 Å². The first-order chi connectivity index (χ1) is 13.2. The highest BCUT2D eigenvalue weighted by molar-refractivity contribution is 8.93. The predicted molar refractivity (Wildman–Crippen MR) is 110 cm³/mol. The number of carbonyl (C=O) groups excluding carboxylic acids is 1. The summed E-state index contributed by atoms with van der Waals surface area (Å²) < 4.78 is 43.3. The van der Waals surface area contributed by atoms with Crippen LogP contribution >= 0.6 is 17.0 Å². The van der Waals surface area contributed by atoms with E-state index in [9.17, 15) is 23.1 Å². The van der Waals surface area contributed by atoms with Crippen LogP contribution in [0.4, 0.5) is 13.2 Å². The third-order valence-electron chi connectivity index (χ3n) is 4.27. The molecule has 2 aromatic rings. The molecule has 8 heteroatoms. The number of carbonyl (C=O) groups is 1. The van der Waals surface area contributed by atoms with E-state index in [2.05, 4.69) is 5.32 Å². The summed E-state index contributed by atoms with van der Waals surface area (Å²) in [5.74, 6) is -0.371. The van der Waals surface area contributed by atoms with Crippen LogP contribution in [0.3, 0.4) is 0 Å². The Kier molecular flexibility index (Phi) is 9.82. The molecule has 160 valence electrons. The van der Waals surface area contributed by atoms with Crippen LogP contribution < -0.4 is 5.32 Å². The first-order valence-electron chi connectivity index (χ1n) is 9.05. The number of esters is 1. The molecule has 0 aliphatic rings. The Morgan fingerprint density at radius 3 is 2.41 bits per heavy atom. The van der Waals surface area contributed by atoms with Crippen LogP contribution in [0, 0.1) is 0 Å². The van der Waals surface area contributed by atoms with Gasteiger partial charge < -0.3 is 15.2 Å². The molecule has 2 rings (SSSR count). The van der Waals surface area contributed by atoms with Crippen molar-refractivity contribution in [3.63, 3.8) is 0 Å². The van der Waals surface area contributed by atoms with Crippen LogP contribution in [-0.2, 0) is 17.3 Å². The second-order valence-corrected chi connectivity index (χ2v) is 6.57. The normalized spacial score (nSPS) is 13.3. The van der Waals surface area contributed by atoms with Gasteiger partial charge in [-0.05, 0) is 55.7 Å². The van der Waals surface area contributed by atoms with Crippen LogP contribution in [0.25, 0.3) is 0 Å². The van der Waals surface area contributed by atoms with Crippen molar-refractivity contribution in [2.75, 3.05) is 13.2 Å². The fraction of sp³-hybridized carbons (Fsp3) is 0.381. The predicted octanol–water partition coefficient (Wildman–Crippen LogP) is 4.71. The molecule has 0 saturated heterocycles. The van der Waals surface area contributed by atoms with Gasteiger partial charge in [0.15, 0.2) is 0 Å². The molecule has 2 aromatic carbocycles. The third kappa shape index (κ3) is 7.79. The Balaban J connectivity index is 0.00000420. The van der Waals surface area contributed by atoms with Gasteiger partial charge in [-0.15, -0.1) is 17.0 Å². The lowest BCUT2D eigenvalue weighted by Crippen LogP contribution is -2.32. The fourth-order valence-corrected chi connectivity index (χ4v) is 2.77. The zero-order valence-corrected chi connectivity index (χ0v) is 17.9. The molecule has 4 nitrogen and oxygen atoms in total. The minimum absolute atomic E-state index is 0. The van der Waals surface area contributed by atoms with Crippen molar-refractivity contribution in [1.82, 2.24) is 5.32 Å². The van der Waals surface area contributed by atoms with E-state index in [0.29, 0.717) is 18.6 Å². The maximum Gasteiger partial charge on any atom is 0.416 e. The van der Waals surface area contributed by atoms with Crippen LogP contribution in [0.15, 0.2) is 48.5 Å². The van der Waals surface area contributed by atoms with E-state index < -0.39 is 17.8 Å². The summed E-state index contributed by atoms with van der Waals surface area (Å²) in [5.41, 5.74) is 0.903. The van der Waals surface area contributed by atoms with Gasteiger partial charge in [0, 0.05) is 12.6 Å². The van der Waals surface area contributed by atoms with Gasteiger partial charge in [-0.25, -0.2) is 4.79 Å².